The minimum absolute atomic E-state index is 0.0164. The molecule has 0 saturated carbocycles. The van der Waals surface area contributed by atoms with Gasteiger partial charge in [-0.25, -0.2) is 0 Å². The molecule has 0 radical (unpaired) electrons. The summed E-state index contributed by atoms with van der Waals surface area (Å²) in [4.78, 5) is 13.6. The van der Waals surface area contributed by atoms with Gasteiger partial charge in [-0.15, -0.1) is 0 Å². The Bertz CT molecular complexity index is 451. The number of hydrogen-bond acceptors (Lipinski definition) is 3. The molecule has 0 bridgehead atoms. The Balaban J connectivity index is 1.89. The number of aryl methyl sites for hydroxylation is 1. The van der Waals surface area contributed by atoms with Gasteiger partial charge < -0.3 is 15.4 Å². The normalized spacial score (nSPS) is 19.1. The van der Waals surface area contributed by atoms with Crippen molar-refractivity contribution in [2.75, 3.05) is 19.7 Å². The molecule has 1 aromatic rings. The molecule has 1 aliphatic rings. The molecule has 0 aromatic heterocycles. The lowest BCUT2D eigenvalue weighted by Crippen LogP contribution is -2.35. The van der Waals surface area contributed by atoms with Gasteiger partial charge in [0, 0.05) is 24.2 Å². The highest BCUT2D eigenvalue weighted by Crippen LogP contribution is 2.21. The van der Waals surface area contributed by atoms with Crippen molar-refractivity contribution >= 4 is 17.5 Å². The maximum atomic E-state index is 11.9. The predicted molar refractivity (Wildman–Crippen MR) is 70.9 cm³/mol. The highest BCUT2D eigenvalue weighted by Gasteiger charge is 2.23. The topological polar surface area (TPSA) is 55.6 Å². The van der Waals surface area contributed by atoms with Crippen LogP contribution < -0.4 is 10.5 Å². The van der Waals surface area contributed by atoms with Crippen molar-refractivity contribution in [2.45, 2.75) is 19.4 Å². The Hall–Kier alpha value is -1.26. The van der Waals surface area contributed by atoms with Crippen molar-refractivity contribution in [3.05, 3.63) is 28.8 Å². The first-order valence-electron chi connectivity index (χ1n) is 5.98. The Labute approximate surface area is 112 Å². The molecule has 5 heteroatoms. The van der Waals surface area contributed by atoms with Crippen LogP contribution in [0.3, 0.4) is 0 Å². The van der Waals surface area contributed by atoms with E-state index in [2.05, 4.69) is 0 Å². The molecule has 4 nitrogen and oxygen atoms in total. The molecular weight excluding hydrogens is 252 g/mol. The first kappa shape index (κ1) is 13.2. The second-order valence-corrected chi connectivity index (χ2v) is 5.02. The van der Waals surface area contributed by atoms with E-state index in [0.29, 0.717) is 17.3 Å². The van der Waals surface area contributed by atoms with Gasteiger partial charge in [0.2, 0.25) is 0 Å². The van der Waals surface area contributed by atoms with Crippen LogP contribution in [0, 0.1) is 6.92 Å². The molecule has 98 valence electrons. The summed E-state index contributed by atoms with van der Waals surface area (Å²) in [5, 5.41) is 0.664. The van der Waals surface area contributed by atoms with Crippen LogP contribution in [-0.2, 0) is 4.79 Å². The highest BCUT2D eigenvalue weighted by molar-refractivity contribution is 6.30. The van der Waals surface area contributed by atoms with Gasteiger partial charge in [0.25, 0.3) is 5.91 Å². The lowest BCUT2D eigenvalue weighted by atomic mass is 10.2. The van der Waals surface area contributed by atoms with Crippen LogP contribution >= 0.6 is 11.6 Å². The molecule has 1 atom stereocenters. The smallest absolute Gasteiger partial charge is 0.260 e. The van der Waals surface area contributed by atoms with Crippen LogP contribution in [-0.4, -0.2) is 36.5 Å². The molecule has 2 N–H and O–H groups in total. The van der Waals surface area contributed by atoms with E-state index in [-0.39, 0.29) is 18.6 Å². The van der Waals surface area contributed by atoms with E-state index in [9.17, 15) is 4.79 Å². The van der Waals surface area contributed by atoms with Crippen LogP contribution in [0.25, 0.3) is 0 Å². The fraction of sp³-hybridized carbons (Fsp3) is 0.462. The molecule has 1 aromatic carbocycles. The Morgan fingerprint density at radius 2 is 2.39 bits per heavy atom. The summed E-state index contributed by atoms with van der Waals surface area (Å²) in [5.74, 6) is 0.675. The Kier molecular flexibility index (Phi) is 4.09. The second-order valence-electron chi connectivity index (χ2n) is 4.59. The summed E-state index contributed by atoms with van der Waals surface area (Å²) in [6, 6.07) is 5.44. The van der Waals surface area contributed by atoms with Crippen molar-refractivity contribution in [1.29, 1.82) is 0 Å². The van der Waals surface area contributed by atoms with Gasteiger partial charge >= 0.3 is 0 Å². The molecule has 18 heavy (non-hydrogen) atoms. The number of halogens is 1. The van der Waals surface area contributed by atoms with Crippen molar-refractivity contribution in [2.24, 2.45) is 5.73 Å². The number of nitrogens with zero attached hydrogens (tertiary/aromatic N) is 1. The van der Waals surface area contributed by atoms with Gasteiger partial charge in [-0.2, -0.15) is 0 Å². The molecular formula is C13H17ClN2O2. The molecule has 1 aliphatic heterocycles. The summed E-state index contributed by atoms with van der Waals surface area (Å²) < 4.78 is 5.51. The van der Waals surface area contributed by atoms with Gasteiger partial charge in [-0.1, -0.05) is 11.6 Å². The molecule has 0 aliphatic carbocycles. The quantitative estimate of drug-likeness (QED) is 0.906. The zero-order chi connectivity index (χ0) is 13.1. The SMILES string of the molecule is Cc1cc(Cl)ccc1OCC(=O)N1CC[C@H](N)C1. The summed E-state index contributed by atoms with van der Waals surface area (Å²) in [6.07, 6.45) is 0.867. The fourth-order valence-corrected chi connectivity index (χ4v) is 2.25. The molecule has 1 saturated heterocycles. The molecule has 2 rings (SSSR count). The van der Waals surface area contributed by atoms with Crippen LogP contribution in [0.1, 0.15) is 12.0 Å². The van der Waals surface area contributed by atoms with Crippen LogP contribution in [0.4, 0.5) is 0 Å². The van der Waals surface area contributed by atoms with E-state index in [4.69, 9.17) is 22.1 Å². The second kappa shape index (κ2) is 5.59. The van der Waals surface area contributed by atoms with E-state index in [1.165, 1.54) is 0 Å². The number of amides is 1. The summed E-state index contributed by atoms with van der Waals surface area (Å²) in [6.45, 7) is 3.30. The van der Waals surface area contributed by atoms with Crippen LogP contribution in [0.2, 0.25) is 5.02 Å². The highest BCUT2D eigenvalue weighted by atomic mass is 35.5. The number of ether oxygens (including phenoxy) is 1. The number of nitrogens with two attached hydrogens (primary N) is 1. The number of likely N-dealkylation sites (tertiary alicyclic amines) is 1. The average molecular weight is 269 g/mol. The lowest BCUT2D eigenvalue weighted by molar-refractivity contribution is -0.132. The molecule has 1 heterocycles. The van der Waals surface area contributed by atoms with Gasteiger partial charge in [-0.3, -0.25) is 4.79 Å². The number of rotatable bonds is 3. The summed E-state index contributed by atoms with van der Waals surface area (Å²) >= 11 is 5.85. The van der Waals surface area contributed by atoms with Gasteiger partial charge in [0.15, 0.2) is 6.61 Å². The van der Waals surface area contributed by atoms with Gasteiger partial charge in [-0.05, 0) is 37.1 Å². The van der Waals surface area contributed by atoms with Crippen molar-refractivity contribution in [3.8, 4) is 5.75 Å². The molecule has 1 amide bonds. The number of carbonyl (C=O) groups excluding carboxylic acids is 1. The Morgan fingerprint density at radius 1 is 1.61 bits per heavy atom. The van der Waals surface area contributed by atoms with E-state index in [1.807, 2.05) is 13.0 Å². The van der Waals surface area contributed by atoms with E-state index >= 15 is 0 Å². The largest absolute Gasteiger partial charge is 0.483 e. The molecule has 0 unspecified atom stereocenters. The minimum Gasteiger partial charge on any atom is -0.483 e. The minimum atomic E-state index is -0.0164. The number of hydrogen-bond donors (Lipinski definition) is 1. The van der Waals surface area contributed by atoms with Gasteiger partial charge in [0.05, 0.1) is 0 Å². The molecule has 1 fully saturated rings. The van der Waals surface area contributed by atoms with E-state index in [0.717, 1.165) is 18.5 Å². The Morgan fingerprint density at radius 3 is 3.00 bits per heavy atom. The lowest BCUT2D eigenvalue weighted by Gasteiger charge is -2.16. The third-order valence-corrected chi connectivity index (χ3v) is 3.30. The fourth-order valence-electron chi connectivity index (χ4n) is 2.02. The third-order valence-electron chi connectivity index (χ3n) is 3.07. The van der Waals surface area contributed by atoms with Crippen LogP contribution in [0.15, 0.2) is 18.2 Å². The first-order valence-corrected chi connectivity index (χ1v) is 6.36. The summed E-state index contributed by atoms with van der Waals surface area (Å²) in [5.41, 5.74) is 6.69. The third kappa shape index (κ3) is 3.15. The first-order chi connectivity index (χ1) is 8.56. The number of benzene rings is 1. The monoisotopic (exact) mass is 268 g/mol. The van der Waals surface area contributed by atoms with Gasteiger partial charge in [0.1, 0.15) is 5.75 Å². The van der Waals surface area contributed by atoms with Crippen molar-refractivity contribution in [1.82, 2.24) is 4.90 Å². The average Bonchev–Trinajstić information content (AvgIpc) is 2.74. The zero-order valence-electron chi connectivity index (χ0n) is 10.4. The summed E-state index contributed by atoms with van der Waals surface area (Å²) in [7, 11) is 0. The van der Waals surface area contributed by atoms with Crippen molar-refractivity contribution in [3.63, 3.8) is 0 Å². The van der Waals surface area contributed by atoms with Crippen LogP contribution in [0.5, 0.6) is 5.75 Å². The standard InChI is InChI=1S/C13H17ClN2O2/c1-9-6-10(14)2-3-12(9)18-8-13(17)16-5-4-11(15)7-16/h2-3,6,11H,4-5,7-8,15H2,1H3/t11-/m0/s1. The van der Waals surface area contributed by atoms with Crippen molar-refractivity contribution < 1.29 is 9.53 Å². The van der Waals surface area contributed by atoms with E-state index < -0.39 is 0 Å². The predicted octanol–water partition coefficient (Wildman–Crippen LogP) is 1.59. The number of carbonyl (C=O) groups is 1. The van der Waals surface area contributed by atoms with E-state index in [1.54, 1.807) is 17.0 Å². The molecule has 0 spiro atoms. The maximum absolute atomic E-state index is 11.9. The maximum Gasteiger partial charge on any atom is 0.260 e. The zero-order valence-corrected chi connectivity index (χ0v) is 11.1.